The number of alkyl halides is 9. The Balaban J connectivity index is 0.000000325. The van der Waals surface area contributed by atoms with Gasteiger partial charge < -0.3 is 25.5 Å². The van der Waals surface area contributed by atoms with E-state index in [1.165, 1.54) is 42.8 Å². The minimum absolute atomic E-state index is 0.169. The summed E-state index contributed by atoms with van der Waals surface area (Å²) in [4.78, 5) is 41.1. The summed E-state index contributed by atoms with van der Waals surface area (Å²) < 4.78 is 108. The van der Waals surface area contributed by atoms with Gasteiger partial charge in [0.1, 0.15) is 5.82 Å². The van der Waals surface area contributed by atoms with Gasteiger partial charge in [-0.3, -0.25) is 4.90 Å². The number of halogens is 10. The molecule has 274 valence electrons. The summed E-state index contributed by atoms with van der Waals surface area (Å²) in [6.07, 6.45) is -9.49. The quantitative estimate of drug-likeness (QED) is 0.304. The van der Waals surface area contributed by atoms with Crippen LogP contribution in [-0.4, -0.2) is 111 Å². The van der Waals surface area contributed by atoms with Gasteiger partial charge in [-0.25, -0.2) is 28.7 Å². The fourth-order valence-corrected chi connectivity index (χ4v) is 5.05. The van der Waals surface area contributed by atoms with Crippen LogP contribution in [0.25, 0.3) is 0 Å². The van der Waals surface area contributed by atoms with Crippen LogP contribution in [0.2, 0.25) is 0 Å². The van der Waals surface area contributed by atoms with Crippen molar-refractivity contribution in [3.05, 3.63) is 53.1 Å². The van der Waals surface area contributed by atoms with Gasteiger partial charge in [0.25, 0.3) is 0 Å². The van der Waals surface area contributed by atoms with Crippen LogP contribution >= 0.6 is 0 Å². The number of nitrogens with one attached hydrogen (secondary N) is 1. The Bertz CT molecular complexity index is 1340. The molecule has 5 rings (SSSR count). The van der Waals surface area contributed by atoms with Gasteiger partial charge in [-0.05, 0) is 61.5 Å². The first-order valence-electron chi connectivity index (χ1n) is 14.3. The van der Waals surface area contributed by atoms with Crippen molar-refractivity contribution in [2.75, 3.05) is 44.6 Å². The second kappa shape index (κ2) is 17.4. The summed E-state index contributed by atoms with van der Waals surface area (Å²) in [5.74, 6) is -6.54. The number of hydrogen-bond donors (Lipinski definition) is 4. The lowest BCUT2D eigenvalue weighted by atomic mass is 9.99. The van der Waals surface area contributed by atoms with Crippen molar-refractivity contribution in [2.45, 2.75) is 50.3 Å². The maximum absolute atomic E-state index is 13.1. The molecule has 3 heterocycles. The van der Waals surface area contributed by atoms with Crippen LogP contribution in [0.3, 0.4) is 0 Å². The Hall–Kier alpha value is -4.27. The number of aliphatic carboxylic acids is 3. The Labute approximate surface area is 271 Å². The maximum atomic E-state index is 13.1. The van der Waals surface area contributed by atoms with Gasteiger partial charge >= 0.3 is 36.4 Å². The Morgan fingerprint density at radius 2 is 1.29 bits per heavy atom. The van der Waals surface area contributed by atoms with Crippen LogP contribution in [0.1, 0.15) is 35.6 Å². The molecule has 3 aliphatic rings. The van der Waals surface area contributed by atoms with Crippen LogP contribution in [0.15, 0.2) is 30.5 Å². The third-order valence-electron chi connectivity index (χ3n) is 7.20. The number of likely N-dealkylation sites (tertiary alicyclic amines) is 2. The summed E-state index contributed by atoms with van der Waals surface area (Å²) in [6, 6.07) is 6.88. The lowest BCUT2D eigenvalue weighted by molar-refractivity contribution is -0.193. The van der Waals surface area contributed by atoms with Gasteiger partial charge in [0.05, 0.1) is 5.69 Å². The summed E-state index contributed by atoms with van der Waals surface area (Å²) >= 11 is 0. The molecule has 11 nitrogen and oxygen atoms in total. The molecule has 2 saturated heterocycles. The molecule has 1 aromatic heterocycles. The topological polar surface area (TPSA) is 156 Å². The first kappa shape index (κ1) is 40.9. The minimum atomic E-state index is -5.08. The number of carbonyl (C=O) groups is 3. The normalized spacial score (nSPS) is 18.8. The van der Waals surface area contributed by atoms with Crippen molar-refractivity contribution in [2.24, 2.45) is 5.92 Å². The van der Waals surface area contributed by atoms with E-state index >= 15 is 0 Å². The zero-order chi connectivity index (χ0) is 37.2. The van der Waals surface area contributed by atoms with E-state index in [1.54, 1.807) is 12.1 Å². The molecule has 2 aromatic rings. The third kappa shape index (κ3) is 14.0. The van der Waals surface area contributed by atoms with Crippen molar-refractivity contribution >= 4 is 23.9 Å². The molecular weight excluding hydrogens is 692 g/mol. The molecule has 2 unspecified atom stereocenters. The smallest absolute Gasteiger partial charge is 0.475 e. The molecule has 2 fully saturated rings. The van der Waals surface area contributed by atoms with Crippen LogP contribution in [-0.2, 0) is 27.3 Å². The van der Waals surface area contributed by atoms with Crippen LogP contribution in [0.4, 0.5) is 49.9 Å². The number of aromatic nitrogens is 2. The minimum Gasteiger partial charge on any atom is -0.475 e. The fourth-order valence-electron chi connectivity index (χ4n) is 5.05. The first-order chi connectivity index (χ1) is 22.6. The van der Waals surface area contributed by atoms with E-state index in [0.717, 1.165) is 45.1 Å². The van der Waals surface area contributed by atoms with Crippen molar-refractivity contribution in [1.82, 2.24) is 19.8 Å². The summed E-state index contributed by atoms with van der Waals surface area (Å²) in [7, 11) is 0. The van der Waals surface area contributed by atoms with E-state index in [1.807, 2.05) is 18.3 Å². The Morgan fingerprint density at radius 3 is 1.76 bits per heavy atom. The standard InChI is InChI=1S/C22H28FN5.3C2HF3O2/c23-19-5-3-16(4-6-19)13-28-14-18-11-17-12-25-22(26-21(17)20(18)15-28)24-7-10-27-8-1-2-9-27;3*3-2(4,5)1(6)7/h3-6,12,18,20H,1-2,7-11,13-15H2,(H,24,25,26);3*(H,6,7). The maximum Gasteiger partial charge on any atom is 0.490 e. The molecule has 1 aliphatic carbocycles. The van der Waals surface area contributed by atoms with Gasteiger partial charge in [0.2, 0.25) is 5.95 Å². The molecule has 21 heteroatoms. The van der Waals surface area contributed by atoms with E-state index in [2.05, 4.69) is 20.1 Å². The number of fused-ring (bicyclic) bond motifs is 3. The van der Waals surface area contributed by atoms with E-state index < -0.39 is 36.4 Å². The molecule has 0 radical (unpaired) electrons. The summed E-state index contributed by atoms with van der Waals surface area (Å²) in [5, 5.41) is 24.8. The first-order valence-corrected chi connectivity index (χ1v) is 14.3. The zero-order valence-corrected chi connectivity index (χ0v) is 25.2. The van der Waals surface area contributed by atoms with Gasteiger partial charge in [0.15, 0.2) is 0 Å². The molecular formula is C28H31F10N5O6. The molecule has 0 saturated carbocycles. The van der Waals surface area contributed by atoms with Crippen molar-refractivity contribution in [3.8, 4) is 0 Å². The van der Waals surface area contributed by atoms with E-state index in [4.69, 9.17) is 34.7 Å². The van der Waals surface area contributed by atoms with Gasteiger partial charge in [-0.1, -0.05) is 12.1 Å². The second-order valence-electron chi connectivity index (χ2n) is 10.9. The molecule has 4 N–H and O–H groups in total. The largest absolute Gasteiger partial charge is 0.490 e. The number of carboxylic acids is 3. The highest BCUT2D eigenvalue weighted by Crippen LogP contribution is 2.42. The number of hydrogen-bond acceptors (Lipinski definition) is 8. The van der Waals surface area contributed by atoms with E-state index in [-0.39, 0.29) is 5.82 Å². The number of benzene rings is 1. The van der Waals surface area contributed by atoms with Gasteiger partial charge in [-0.2, -0.15) is 39.5 Å². The number of anilines is 1. The molecule has 2 atom stereocenters. The van der Waals surface area contributed by atoms with Crippen LogP contribution in [0.5, 0.6) is 0 Å². The highest BCUT2D eigenvalue weighted by atomic mass is 19.4. The average Bonchev–Trinajstić information content (AvgIpc) is 3.71. The van der Waals surface area contributed by atoms with Crippen LogP contribution < -0.4 is 5.32 Å². The lowest BCUT2D eigenvalue weighted by Gasteiger charge is -2.17. The molecule has 49 heavy (non-hydrogen) atoms. The van der Waals surface area contributed by atoms with Crippen molar-refractivity contribution < 1.29 is 73.6 Å². The summed E-state index contributed by atoms with van der Waals surface area (Å²) in [5.41, 5.74) is 3.74. The predicted octanol–water partition coefficient (Wildman–Crippen LogP) is 4.80. The molecule has 2 aliphatic heterocycles. The number of nitrogens with zero attached hydrogens (tertiary/aromatic N) is 4. The highest BCUT2D eigenvalue weighted by Gasteiger charge is 2.42. The SMILES string of the molecule is Fc1ccc(CN2CC3Cc4cnc(NCCN5CCCC5)nc4C3C2)cc1.O=C(O)C(F)(F)F.O=C(O)C(F)(F)F.O=C(O)C(F)(F)F. The highest BCUT2D eigenvalue weighted by molar-refractivity contribution is 5.73. The third-order valence-corrected chi connectivity index (χ3v) is 7.20. The number of rotatable bonds is 6. The molecule has 0 spiro atoms. The Kier molecular flexibility index (Phi) is 14.5. The van der Waals surface area contributed by atoms with E-state index in [9.17, 15) is 43.9 Å². The number of carboxylic acid groups (broad SMARTS) is 3. The monoisotopic (exact) mass is 723 g/mol. The fraction of sp³-hybridized carbons (Fsp3) is 0.536. The van der Waals surface area contributed by atoms with Gasteiger partial charge in [0, 0.05) is 44.8 Å². The summed E-state index contributed by atoms with van der Waals surface area (Å²) in [6.45, 7) is 7.41. The van der Waals surface area contributed by atoms with E-state index in [0.29, 0.717) is 11.8 Å². The average molecular weight is 724 g/mol. The Morgan fingerprint density at radius 1 is 0.796 bits per heavy atom. The van der Waals surface area contributed by atoms with Crippen LogP contribution in [0, 0.1) is 11.7 Å². The predicted molar refractivity (Wildman–Crippen MR) is 149 cm³/mol. The molecule has 1 aromatic carbocycles. The zero-order valence-electron chi connectivity index (χ0n) is 25.2. The van der Waals surface area contributed by atoms with Crippen molar-refractivity contribution in [1.29, 1.82) is 0 Å². The van der Waals surface area contributed by atoms with Gasteiger partial charge in [-0.15, -0.1) is 0 Å². The molecule has 0 bridgehead atoms. The van der Waals surface area contributed by atoms with Crippen molar-refractivity contribution in [3.63, 3.8) is 0 Å². The molecule has 0 amide bonds. The lowest BCUT2D eigenvalue weighted by Crippen LogP contribution is -2.26. The second-order valence-corrected chi connectivity index (χ2v) is 10.9.